The van der Waals surface area contributed by atoms with Gasteiger partial charge in [0.1, 0.15) is 0 Å². The number of sulfonamides is 1. The van der Waals surface area contributed by atoms with Gasteiger partial charge in [0.25, 0.3) is 5.91 Å². The van der Waals surface area contributed by atoms with E-state index in [9.17, 15) is 18.0 Å². The summed E-state index contributed by atoms with van der Waals surface area (Å²) < 4.78 is 31.9. The monoisotopic (exact) mass is 430 g/mol. The molecule has 30 heavy (non-hydrogen) atoms. The molecule has 1 atom stereocenters. The van der Waals surface area contributed by atoms with Crippen molar-refractivity contribution in [3.63, 3.8) is 0 Å². The first-order chi connectivity index (χ1) is 14.3. The van der Waals surface area contributed by atoms with Gasteiger partial charge in [-0.3, -0.25) is 4.79 Å². The second kappa shape index (κ2) is 9.40. The molecule has 1 fully saturated rings. The highest BCUT2D eigenvalue weighted by atomic mass is 32.2. The van der Waals surface area contributed by atoms with Crippen molar-refractivity contribution in [1.29, 1.82) is 0 Å². The van der Waals surface area contributed by atoms with Crippen molar-refractivity contribution < 1.29 is 22.7 Å². The Kier molecular flexibility index (Phi) is 6.89. The molecule has 0 aromatic heterocycles. The van der Waals surface area contributed by atoms with Gasteiger partial charge in [-0.2, -0.15) is 0 Å². The summed E-state index contributed by atoms with van der Waals surface area (Å²) in [6, 6.07) is 14.8. The van der Waals surface area contributed by atoms with Gasteiger partial charge in [-0.05, 0) is 62.4 Å². The first-order valence-electron chi connectivity index (χ1n) is 9.90. The SMILES string of the molecule is CC(C)NS(=O)(=O)c1ccc(C(=O)OCC(=O)NC(c2ccccc2)C2CC2)cc1. The highest BCUT2D eigenvalue weighted by molar-refractivity contribution is 7.89. The Morgan fingerprint density at radius 1 is 1.03 bits per heavy atom. The molecule has 0 aliphatic heterocycles. The van der Waals surface area contributed by atoms with Gasteiger partial charge >= 0.3 is 5.97 Å². The van der Waals surface area contributed by atoms with E-state index in [1.165, 1.54) is 24.3 Å². The molecule has 160 valence electrons. The highest BCUT2D eigenvalue weighted by Crippen LogP contribution is 2.40. The second-order valence-corrected chi connectivity index (χ2v) is 9.38. The van der Waals surface area contributed by atoms with Crippen LogP contribution in [0.3, 0.4) is 0 Å². The Hall–Kier alpha value is -2.71. The summed E-state index contributed by atoms with van der Waals surface area (Å²) in [4.78, 5) is 24.6. The number of rotatable bonds is 9. The molecule has 0 saturated heterocycles. The average molecular weight is 431 g/mol. The fourth-order valence-electron chi connectivity index (χ4n) is 3.14. The summed E-state index contributed by atoms with van der Waals surface area (Å²) in [5, 5.41) is 2.95. The van der Waals surface area contributed by atoms with E-state index < -0.39 is 22.6 Å². The smallest absolute Gasteiger partial charge is 0.338 e. The van der Waals surface area contributed by atoms with Crippen LogP contribution in [0, 0.1) is 5.92 Å². The third-order valence-corrected chi connectivity index (χ3v) is 6.37. The fraction of sp³-hybridized carbons (Fsp3) is 0.364. The van der Waals surface area contributed by atoms with E-state index in [1.54, 1.807) is 13.8 Å². The third kappa shape index (κ3) is 5.90. The van der Waals surface area contributed by atoms with E-state index in [4.69, 9.17) is 4.74 Å². The summed E-state index contributed by atoms with van der Waals surface area (Å²) >= 11 is 0. The van der Waals surface area contributed by atoms with E-state index in [0.29, 0.717) is 5.92 Å². The van der Waals surface area contributed by atoms with Crippen LogP contribution in [0.4, 0.5) is 0 Å². The van der Waals surface area contributed by atoms with Gasteiger partial charge in [0.15, 0.2) is 6.61 Å². The van der Waals surface area contributed by atoms with Crippen LogP contribution in [0.5, 0.6) is 0 Å². The zero-order valence-corrected chi connectivity index (χ0v) is 17.8. The van der Waals surface area contributed by atoms with E-state index in [-0.39, 0.29) is 28.4 Å². The molecule has 0 bridgehead atoms. The van der Waals surface area contributed by atoms with Crippen LogP contribution in [0.25, 0.3) is 0 Å². The van der Waals surface area contributed by atoms with Crippen LogP contribution >= 0.6 is 0 Å². The summed E-state index contributed by atoms with van der Waals surface area (Å²) in [6.07, 6.45) is 2.11. The molecule has 2 aromatic carbocycles. The molecular formula is C22H26N2O5S. The largest absolute Gasteiger partial charge is 0.452 e. The minimum atomic E-state index is -3.64. The molecule has 1 amide bonds. The quantitative estimate of drug-likeness (QED) is 0.596. The standard InChI is InChI=1S/C22H26N2O5S/c1-15(2)24-30(27,28)19-12-10-18(11-13-19)22(26)29-14-20(25)23-21(17-8-9-17)16-6-4-3-5-7-16/h3-7,10-13,15,17,21,24H,8-9,14H2,1-2H3,(H,23,25). The summed E-state index contributed by atoms with van der Waals surface area (Å²) in [7, 11) is -3.64. The molecule has 0 heterocycles. The first kappa shape index (κ1) is 22.0. The molecule has 8 heteroatoms. The maximum atomic E-state index is 12.3. The number of ether oxygens (including phenoxy) is 1. The van der Waals surface area contributed by atoms with E-state index >= 15 is 0 Å². The van der Waals surface area contributed by atoms with Gasteiger partial charge in [-0.15, -0.1) is 0 Å². The summed E-state index contributed by atoms with van der Waals surface area (Å²) in [5.41, 5.74) is 1.21. The van der Waals surface area contributed by atoms with Crippen LogP contribution in [0.1, 0.15) is 48.7 Å². The van der Waals surface area contributed by atoms with Gasteiger partial charge < -0.3 is 10.1 Å². The van der Waals surface area contributed by atoms with Gasteiger partial charge in [0, 0.05) is 6.04 Å². The number of carbonyl (C=O) groups excluding carboxylic acids is 2. The van der Waals surface area contributed by atoms with Crippen LogP contribution in [-0.4, -0.2) is 32.9 Å². The van der Waals surface area contributed by atoms with Crippen molar-refractivity contribution in [2.24, 2.45) is 5.92 Å². The second-order valence-electron chi connectivity index (χ2n) is 7.67. The Labute approximate surface area is 176 Å². The molecular weight excluding hydrogens is 404 g/mol. The minimum absolute atomic E-state index is 0.0561. The van der Waals surface area contributed by atoms with Crippen molar-refractivity contribution >= 4 is 21.9 Å². The van der Waals surface area contributed by atoms with Gasteiger partial charge in [-0.25, -0.2) is 17.9 Å². The minimum Gasteiger partial charge on any atom is -0.452 e. The number of benzene rings is 2. The van der Waals surface area contributed by atoms with E-state index in [1.807, 2.05) is 30.3 Å². The van der Waals surface area contributed by atoms with Crippen molar-refractivity contribution in [2.45, 2.75) is 43.7 Å². The summed E-state index contributed by atoms with van der Waals surface area (Å²) in [6.45, 7) is 3.05. The number of amides is 1. The molecule has 0 radical (unpaired) electrons. The fourth-order valence-corrected chi connectivity index (χ4v) is 4.39. The predicted octanol–water partition coefficient (Wildman–Crippen LogP) is 2.80. The molecule has 7 nitrogen and oxygen atoms in total. The van der Waals surface area contributed by atoms with Gasteiger partial charge in [0.2, 0.25) is 10.0 Å². The van der Waals surface area contributed by atoms with Gasteiger partial charge in [-0.1, -0.05) is 30.3 Å². The lowest BCUT2D eigenvalue weighted by atomic mass is 10.0. The maximum Gasteiger partial charge on any atom is 0.338 e. The highest BCUT2D eigenvalue weighted by Gasteiger charge is 2.33. The van der Waals surface area contributed by atoms with Crippen LogP contribution in [0.15, 0.2) is 59.5 Å². The number of nitrogens with one attached hydrogen (secondary N) is 2. The number of hydrogen-bond donors (Lipinski definition) is 2. The number of hydrogen-bond acceptors (Lipinski definition) is 5. The molecule has 1 unspecified atom stereocenters. The predicted molar refractivity (Wildman–Crippen MR) is 112 cm³/mol. The Morgan fingerprint density at radius 3 is 2.23 bits per heavy atom. The zero-order chi connectivity index (χ0) is 21.7. The van der Waals surface area contributed by atoms with E-state index in [2.05, 4.69) is 10.0 Å². The van der Waals surface area contributed by atoms with Crippen LogP contribution < -0.4 is 10.0 Å². The third-order valence-electron chi connectivity index (χ3n) is 4.69. The summed E-state index contributed by atoms with van der Waals surface area (Å²) in [5.74, 6) is -0.654. The Balaban J connectivity index is 1.55. The van der Waals surface area contributed by atoms with E-state index in [0.717, 1.165) is 18.4 Å². The lowest BCUT2D eigenvalue weighted by Gasteiger charge is -2.18. The lowest BCUT2D eigenvalue weighted by molar-refractivity contribution is -0.125. The Bertz CT molecular complexity index is 984. The molecule has 0 spiro atoms. The molecule has 2 aromatic rings. The average Bonchev–Trinajstić information content (AvgIpc) is 3.55. The normalized spacial score (nSPS) is 14.9. The van der Waals surface area contributed by atoms with Crippen molar-refractivity contribution in [3.05, 3.63) is 65.7 Å². The molecule has 1 aliphatic carbocycles. The van der Waals surface area contributed by atoms with Crippen molar-refractivity contribution in [2.75, 3.05) is 6.61 Å². The van der Waals surface area contributed by atoms with Crippen LogP contribution in [0.2, 0.25) is 0 Å². The lowest BCUT2D eigenvalue weighted by Crippen LogP contribution is -2.33. The number of esters is 1. The maximum absolute atomic E-state index is 12.3. The van der Waals surface area contributed by atoms with Crippen molar-refractivity contribution in [3.8, 4) is 0 Å². The molecule has 1 saturated carbocycles. The molecule has 1 aliphatic rings. The zero-order valence-electron chi connectivity index (χ0n) is 17.0. The Morgan fingerprint density at radius 2 is 1.67 bits per heavy atom. The molecule has 3 rings (SSSR count). The van der Waals surface area contributed by atoms with Gasteiger partial charge in [0.05, 0.1) is 16.5 Å². The number of carbonyl (C=O) groups is 2. The van der Waals surface area contributed by atoms with Crippen LogP contribution in [-0.2, 0) is 19.6 Å². The topological polar surface area (TPSA) is 102 Å². The van der Waals surface area contributed by atoms with Crippen molar-refractivity contribution in [1.82, 2.24) is 10.0 Å². The molecule has 2 N–H and O–H groups in total. The first-order valence-corrected chi connectivity index (χ1v) is 11.4.